The summed E-state index contributed by atoms with van der Waals surface area (Å²) < 4.78 is 24.4. The van der Waals surface area contributed by atoms with Gasteiger partial charge in [0.25, 0.3) is 5.91 Å². The van der Waals surface area contributed by atoms with Crippen molar-refractivity contribution in [3.8, 4) is 11.5 Å². The topological polar surface area (TPSA) is 68.3 Å². The number of carbonyl (C=O) groups is 2. The summed E-state index contributed by atoms with van der Waals surface area (Å²) in [7, 11) is 3.09. The molecule has 168 valence electrons. The average molecular weight is 448 g/mol. The number of benzene rings is 3. The fraction of sp³-hybridized carbons (Fsp3) is 0.200. The molecular weight excluding hydrogens is 427 g/mol. The van der Waals surface area contributed by atoms with E-state index in [2.05, 4.69) is 0 Å². The van der Waals surface area contributed by atoms with Gasteiger partial charge < -0.3 is 9.47 Å². The van der Waals surface area contributed by atoms with Gasteiger partial charge in [-0.3, -0.25) is 14.4 Å². The summed E-state index contributed by atoms with van der Waals surface area (Å²) in [5.41, 5.74) is 1.64. The lowest BCUT2D eigenvalue weighted by Crippen LogP contribution is -2.37. The van der Waals surface area contributed by atoms with E-state index in [0.717, 1.165) is 4.90 Å². The van der Waals surface area contributed by atoms with E-state index >= 15 is 0 Å². The number of amides is 2. The Kier molecular flexibility index (Phi) is 5.22. The number of nitrogens with zero attached hydrogens (tertiary/aromatic N) is 2. The van der Waals surface area contributed by atoms with Crippen LogP contribution in [-0.4, -0.2) is 32.1 Å². The summed E-state index contributed by atoms with van der Waals surface area (Å²) in [6, 6.07) is 19.1. The number of imide groups is 1. The lowest BCUT2D eigenvalue weighted by molar-refractivity contribution is -0.126. The molecule has 0 spiro atoms. The molecule has 0 bridgehead atoms. The molecule has 0 radical (unpaired) electrons. The molecule has 2 aliphatic heterocycles. The van der Waals surface area contributed by atoms with Gasteiger partial charge in [0.15, 0.2) is 6.10 Å². The van der Waals surface area contributed by atoms with Crippen LogP contribution in [0, 0.1) is 11.7 Å². The van der Waals surface area contributed by atoms with E-state index < -0.39 is 35.7 Å². The second kappa shape index (κ2) is 8.22. The molecule has 5 rings (SSSR count). The number of anilines is 2. The minimum Gasteiger partial charge on any atom is -0.497 e. The first-order valence-electron chi connectivity index (χ1n) is 10.4. The highest BCUT2D eigenvalue weighted by Gasteiger charge is 2.60. The number of carbonyl (C=O) groups excluding carboxylic acids is 2. The van der Waals surface area contributed by atoms with Crippen LogP contribution in [-0.2, 0) is 14.4 Å². The average Bonchev–Trinajstić information content (AvgIpc) is 3.36. The van der Waals surface area contributed by atoms with Crippen molar-refractivity contribution in [3.63, 3.8) is 0 Å². The van der Waals surface area contributed by atoms with Gasteiger partial charge in [-0.2, -0.15) is 0 Å². The second-order valence-corrected chi connectivity index (χ2v) is 7.75. The summed E-state index contributed by atoms with van der Waals surface area (Å²) in [6.45, 7) is 0. The highest BCUT2D eigenvalue weighted by atomic mass is 19.1. The van der Waals surface area contributed by atoms with E-state index in [1.165, 1.54) is 31.4 Å². The number of hydrogen-bond donors (Lipinski definition) is 0. The van der Waals surface area contributed by atoms with Crippen LogP contribution in [0.2, 0.25) is 0 Å². The number of para-hydroxylation sites is 1. The van der Waals surface area contributed by atoms with Gasteiger partial charge in [0, 0.05) is 5.56 Å². The molecule has 0 N–H and O–H groups in total. The van der Waals surface area contributed by atoms with Crippen LogP contribution in [0.5, 0.6) is 11.5 Å². The molecule has 3 atom stereocenters. The molecule has 2 amide bonds. The maximum atomic E-state index is 13.6. The Hall–Kier alpha value is -3.91. The Bertz CT molecular complexity index is 1200. The molecule has 0 unspecified atom stereocenters. The number of rotatable bonds is 5. The van der Waals surface area contributed by atoms with Gasteiger partial charge in [-0.1, -0.05) is 18.2 Å². The molecule has 33 heavy (non-hydrogen) atoms. The summed E-state index contributed by atoms with van der Waals surface area (Å²) >= 11 is 0. The largest absolute Gasteiger partial charge is 0.497 e. The quantitative estimate of drug-likeness (QED) is 0.552. The standard InChI is InChI=1S/C25H21FN2O5/c1-31-18-12-13-20(32-2)19(14-18)22-21-23(33-28(22)17-6-4-3-5-7-17)25(30)27(24(21)29)16-10-8-15(26)9-11-16/h3-14,21-23H,1-2H3/t21-,22+,23+/m0/s1. The van der Waals surface area contributed by atoms with E-state index in [0.29, 0.717) is 28.4 Å². The predicted molar refractivity (Wildman–Crippen MR) is 118 cm³/mol. The molecule has 0 aromatic heterocycles. The first kappa shape index (κ1) is 21.0. The van der Waals surface area contributed by atoms with Crippen molar-refractivity contribution in [1.29, 1.82) is 0 Å². The molecule has 2 fully saturated rings. The number of halogens is 1. The number of hydroxylamine groups is 1. The Morgan fingerprint density at radius 2 is 1.58 bits per heavy atom. The van der Waals surface area contributed by atoms with E-state index in [4.69, 9.17) is 14.3 Å². The number of methoxy groups -OCH3 is 2. The molecule has 8 heteroatoms. The van der Waals surface area contributed by atoms with Crippen LogP contribution in [0.15, 0.2) is 72.8 Å². The van der Waals surface area contributed by atoms with E-state index in [-0.39, 0.29) is 0 Å². The summed E-state index contributed by atoms with van der Waals surface area (Å²) in [6.07, 6.45) is -1.04. The van der Waals surface area contributed by atoms with Crippen molar-refractivity contribution in [2.75, 3.05) is 24.2 Å². The maximum absolute atomic E-state index is 13.6. The number of ether oxygens (including phenoxy) is 2. The van der Waals surface area contributed by atoms with Crippen molar-refractivity contribution in [1.82, 2.24) is 0 Å². The van der Waals surface area contributed by atoms with Gasteiger partial charge in [0.1, 0.15) is 29.3 Å². The first-order valence-corrected chi connectivity index (χ1v) is 10.4. The predicted octanol–water partition coefficient (Wildman–Crippen LogP) is 3.89. The summed E-state index contributed by atoms with van der Waals surface area (Å²) in [5.74, 6) is -1.11. The van der Waals surface area contributed by atoms with Gasteiger partial charge in [0.2, 0.25) is 5.91 Å². The van der Waals surface area contributed by atoms with Gasteiger partial charge in [-0.25, -0.2) is 14.4 Å². The smallest absolute Gasteiger partial charge is 0.266 e. The van der Waals surface area contributed by atoms with Crippen molar-refractivity contribution >= 4 is 23.2 Å². The molecule has 2 saturated heterocycles. The van der Waals surface area contributed by atoms with Crippen molar-refractivity contribution < 1.29 is 28.3 Å². The molecule has 0 aliphatic carbocycles. The zero-order chi connectivity index (χ0) is 23.1. The lowest BCUT2D eigenvalue weighted by atomic mass is 9.89. The van der Waals surface area contributed by atoms with Crippen LogP contribution >= 0.6 is 0 Å². The second-order valence-electron chi connectivity index (χ2n) is 7.75. The zero-order valence-electron chi connectivity index (χ0n) is 18.0. The molecule has 3 aromatic carbocycles. The molecule has 3 aromatic rings. The third kappa shape index (κ3) is 3.39. The summed E-state index contributed by atoms with van der Waals surface area (Å²) in [5, 5.41) is 1.59. The maximum Gasteiger partial charge on any atom is 0.266 e. The molecule has 0 saturated carbocycles. The normalized spacial score (nSPS) is 22.0. The van der Waals surface area contributed by atoms with Crippen LogP contribution in [0.25, 0.3) is 0 Å². The van der Waals surface area contributed by atoms with Crippen molar-refractivity contribution in [2.24, 2.45) is 5.92 Å². The third-order valence-electron chi connectivity index (χ3n) is 5.97. The van der Waals surface area contributed by atoms with Crippen molar-refractivity contribution in [2.45, 2.75) is 12.1 Å². The fourth-order valence-electron chi connectivity index (χ4n) is 4.44. The Balaban J connectivity index is 1.63. The van der Waals surface area contributed by atoms with E-state index in [9.17, 15) is 14.0 Å². The molecule has 7 nitrogen and oxygen atoms in total. The monoisotopic (exact) mass is 448 g/mol. The first-order chi connectivity index (χ1) is 16.0. The minimum atomic E-state index is -1.04. The highest BCUT2D eigenvalue weighted by Crippen LogP contribution is 2.50. The fourth-order valence-corrected chi connectivity index (χ4v) is 4.44. The van der Waals surface area contributed by atoms with Crippen LogP contribution in [0.1, 0.15) is 11.6 Å². The van der Waals surface area contributed by atoms with Gasteiger partial charge in [0.05, 0.1) is 25.6 Å². The third-order valence-corrected chi connectivity index (χ3v) is 5.97. The Morgan fingerprint density at radius 3 is 2.24 bits per heavy atom. The number of hydrogen-bond acceptors (Lipinski definition) is 6. The number of fused-ring (bicyclic) bond motifs is 1. The Morgan fingerprint density at radius 1 is 0.848 bits per heavy atom. The zero-order valence-corrected chi connectivity index (χ0v) is 18.0. The molecular formula is C25H21FN2O5. The van der Waals surface area contributed by atoms with Gasteiger partial charge in [-0.05, 0) is 54.6 Å². The summed E-state index contributed by atoms with van der Waals surface area (Å²) in [4.78, 5) is 34.1. The van der Waals surface area contributed by atoms with Crippen LogP contribution < -0.4 is 19.4 Å². The minimum absolute atomic E-state index is 0.298. The van der Waals surface area contributed by atoms with E-state index in [1.54, 1.807) is 30.4 Å². The van der Waals surface area contributed by atoms with Gasteiger partial charge in [-0.15, -0.1) is 0 Å². The van der Waals surface area contributed by atoms with Crippen molar-refractivity contribution in [3.05, 3.63) is 84.2 Å². The molecule has 2 heterocycles. The highest BCUT2D eigenvalue weighted by molar-refractivity contribution is 6.23. The Labute approximate surface area is 189 Å². The lowest BCUT2D eigenvalue weighted by Gasteiger charge is -2.29. The molecule has 2 aliphatic rings. The van der Waals surface area contributed by atoms with Gasteiger partial charge >= 0.3 is 0 Å². The van der Waals surface area contributed by atoms with Crippen LogP contribution in [0.3, 0.4) is 0 Å². The SMILES string of the molecule is COc1ccc(OC)c([C@@H]2[C@@H]3C(=O)N(c4ccc(F)cc4)C(=O)[C@@H]3ON2c2ccccc2)c1. The van der Waals surface area contributed by atoms with E-state index in [1.807, 2.05) is 30.3 Å². The van der Waals surface area contributed by atoms with Crippen LogP contribution in [0.4, 0.5) is 15.8 Å².